The number of nitrogens with zero attached hydrogens (tertiary/aromatic N) is 3. The summed E-state index contributed by atoms with van der Waals surface area (Å²) in [5, 5.41) is 8.83. The second kappa shape index (κ2) is 7.87. The van der Waals surface area contributed by atoms with Gasteiger partial charge in [0, 0.05) is 37.7 Å². The van der Waals surface area contributed by atoms with Crippen LogP contribution in [0.3, 0.4) is 0 Å². The first-order valence-corrected chi connectivity index (χ1v) is 11.0. The minimum absolute atomic E-state index is 0.0434. The van der Waals surface area contributed by atoms with Gasteiger partial charge in [-0.15, -0.1) is 0 Å². The number of carbonyl (C=O) groups excluding carboxylic acids is 2. The molecule has 1 aromatic rings. The summed E-state index contributed by atoms with van der Waals surface area (Å²) in [7, 11) is -3.12. The number of hydrogen-bond acceptors (Lipinski definition) is 5. The van der Waals surface area contributed by atoms with Crippen LogP contribution in [0.15, 0.2) is 18.2 Å². The van der Waals surface area contributed by atoms with Crippen LogP contribution in [0.2, 0.25) is 0 Å². The zero-order valence-corrected chi connectivity index (χ0v) is 16.4. The van der Waals surface area contributed by atoms with Gasteiger partial charge >= 0.3 is 0 Å². The summed E-state index contributed by atoms with van der Waals surface area (Å²) in [6.07, 6.45) is 0.449. The van der Waals surface area contributed by atoms with Crippen LogP contribution in [0, 0.1) is 23.1 Å². The number of hydrogen-bond donors (Lipinski definition) is 0. The van der Waals surface area contributed by atoms with Gasteiger partial charge in [0.1, 0.15) is 5.82 Å². The predicted molar refractivity (Wildman–Crippen MR) is 99.1 cm³/mol. The molecule has 0 bridgehead atoms. The number of sulfone groups is 1. The lowest BCUT2D eigenvalue weighted by Crippen LogP contribution is -2.40. The van der Waals surface area contributed by atoms with Gasteiger partial charge in [0.2, 0.25) is 11.8 Å². The summed E-state index contributed by atoms with van der Waals surface area (Å²) in [5.74, 6) is -1.54. The quantitative estimate of drug-likeness (QED) is 0.727. The largest absolute Gasteiger partial charge is 0.338 e. The second-order valence-electron chi connectivity index (χ2n) is 7.27. The fraction of sp³-hybridized carbons (Fsp3) is 0.526. The molecule has 3 rings (SSSR count). The SMILES string of the molecule is CCN(Cc1ccc(C#N)cc1F)C(=O)[C@@H]1CC(=O)N([C@@H]2CCS(=O)(=O)C2)C1. The molecule has 2 aliphatic rings. The molecule has 0 spiro atoms. The van der Waals surface area contributed by atoms with Gasteiger partial charge in [0.15, 0.2) is 9.84 Å². The van der Waals surface area contributed by atoms with Gasteiger partial charge in [-0.1, -0.05) is 6.07 Å². The van der Waals surface area contributed by atoms with Gasteiger partial charge < -0.3 is 9.80 Å². The van der Waals surface area contributed by atoms with E-state index in [4.69, 9.17) is 5.26 Å². The molecular weight excluding hydrogens is 385 g/mol. The number of likely N-dealkylation sites (tertiary alicyclic amines) is 1. The highest BCUT2D eigenvalue weighted by molar-refractivity contribution is 7.91. The van der Waals surface area contributed by atoms with Crippen LogP contribution in [0.1, 0.15) is 30.9 Å². The fourth-order valence-corrected chi connectivity index (χ4v) is 5.56. The number of rotatable bonds is 5. The molecule has 2 amide bonds. The van der Waals surface area contributed by atoms with Crippen molar-refractivity contribution in [2.75, 3.05) is 24.6 Å². The zero-order valence-electron chi connectivity index (χ0n) is 15.6. The van der Waals surface area contributed by atoms with E-state index in [1.165, 1.54) is 21.9 Å². The van der Waals surface area contributed by atoms with Gasteiger partial charge in [-0.25, -0.2) is 12.8 Å². The van der Waals surface area contributed by atoms with Crippen molar-refractivity contribution in [3.8, 4) is 6.07 Å². The molecule has 0 saturated carbocycles. The molecule has 0 radical (unpaired) electrons. The van der Waals surface area contributed by atoms with Crippen molar-refractivity contribution in [3.63, 3.8) is 0 Å². The average molecular weight is 407 g/mol. The van der Waals surface area contributed by atoms with E-state index in [0.717, 1.165) is 6.07 Å². The molecule has 2 atom stereocenters. The lowest BCUT2D eigenvalue weighted by Gasteiger charge is -2.26. The molecule has 0 aromatic heterocycles. The maximum atomic E-state index is 14.2. The highest BCUT2D eigenvalue weighted by Gasteiger charge is 2.42. The minimum atomic E-state index is -3.12. The van der Waals surface area contributed by atoms with Crippen LogP contribution < -0.4 is 0 Å². The van der Waals surface area contributed by atoms with Crippen molar-refractivity contribution in [3.05, 3.63) is 35.1 Å². The number of nitriles is 1. The predicted octanol–water partition coefficient (Wildman–Crippen LogP) is 1.08. The molecule has 0 N–H and O–H groups in total. The second-order valence-corrected chi connectivity index (χ2v) is 9.50. The van der Waals surface area contributed by atoms with E-state index >= 15 is 0 Å². The maximum Gasteiger partial charge on any atom is 0.228 e. The fourth-order valence-electron chi connectivity index (χ4n) is 3.83. The molecule has 7 nitrogen and oxygen atoms in total. The molecule has 0 aliphatic carbocycles. The highest BCUT2D eigenvalue weighted by atomic mass is 32.2. The normalized spacial score (nSPS) is 23.6. The van der Waals surface area contributed by atoms with E-state index in [2.05, 4.69) is 0 Å². The van der Waals surface area contributed by atoms with Gasteiger partial charge in [0.25, 0.3) is 0 Å². The van der Waals surface area contributed by atoms with Crippen LogP contribution in [0.25, 0.3) is 0 Å². The summed E-state index contributed by atoms with van der Waals surface area (Å²) in [6, 6.07) is 5.62. The zero-order chi connectivity index (χ0) is 20.5. The van der Waals surface area contributed by atoms with Crippen LogP contribution in [0.4, 0.5) is 4.39 Å². The topological polar surface area (TPSA) is 98.5 Å². The van der Waals surface area contributed by atoms with Crippen molar-refractivity contribution in [2.45, 2.75) is 32.4 Å². The summed E-state index contributed by atoms with van der Waals surface area (Å²) >= 11 is 0. The van der Waals surface area contributed by atoms with Crippen molar-refractivity contribution in [1.82, 2.24) is 9.80 Å². The van der Waals surface area contributed by atoms with Gasteiger partial charge in [-0.3, -0.25) is 9.59 Å². The Hall–Kier alpha value is -2.47. The smallest absolute Gasteiger partial charge is 0.228 e. The van der Waals surface area contributed by atoms with Crippen molar-refractivity contribution >= 4 is 21.7 Å². The first kappa shape index (κ1) is 20.3. The molecule has 2 saturated heterocycles. The van der Waals surface area contributed by atoms with Crippen LogP contribution in [0.5, 0.6) is 0 Å². The van der Waals surface area contributed by atoms with E-state index in [1.807, 2.05) is 6.07 Å². The lowest BCUT2D eigenvalue weighted by molar-refractivity contribution is -0.136. The molecule has 150 valence electrons. The van der Waals surface area contributed by atoms with E-state index in [9.17, 15) is 22.4 Å². The maximum absolute atomic E-state index is 14.2. The molecule has 28 heavy (non-hydrogen) atoms. The van der Waals surface area contributed by atoms with Gasteiger partial charge in [-0.2, -0.15) is 5.26 Å². The van der Waals surface area contributed by atoms with E-state index in [-0.39, 0.29) is 54.4 Å². The Morgan fingerprint density at radius 2 is 2.18 bits per heavy atom. The van der Waals surface area contributed by atoms with Crippen molar-refractivity contribution in [1.29, 1.82) is 5.26 Å². The number of benzene rings is 1. The molecular formula is C19H22FN3O4S. The molecule has 2 aliphatic heterocycles. The van der Waals surface area contributed by atoms with Crippen LogP contribution in [-0.2, 0) is 26.0 Å². The third-order valence-electron chi connectivity index (χ3n) is 5.39. The van der Waals surface area contributed by atoms with Gasteiger partial charge in [-0.05, 0) is 25.5 Å². The first-order valence-electron chi connectivity index (χ1n) is 9.21. The number of halogens is 1. The van der Waals surface area contributed by atoms with Crippen LogP contribution in [-0.4, -0.2) is 60.7 Å². The summed E-state index contributed by atoms with van der Waals surface area (Å²) in [6.45, 7) is 2.37. The summed E-state index contributed by atoms with van der Waals surface area (Å²) in [4.78, 5) is 28.3. The Morgan fingerprint density at radius 3 is 2.75 bits per heavy atom. The third kappa shape index (κ3) is 4.17. The molecule has 9 heteroatoms. The number of carbonyl (C=O) groups is 2. The molecule has 2 heterocycles. The first-order chi connectivity index (χ1) is 13.2. The van der Waals surface area contributed by atoms with E-state index < -0.39 is 21.6 Å². The minimum Gasteiger partial charge on any atom is -0.338 e. The standard InChI is InChI=1S/C19H22FN3O4S/c1-2-22(10-14-4-3-13(9-21)7-17(14)20)19(25)15-8-18(24)23(11-15)16-5-6-28(26,27)12-16/h3-4,7,15-16H,2,5-6,8,10-12H2,1H3/t15-,16-/m1/s1. The Morgan fingerprint density at radius 1 is 1.43 bits per heavy atom. The Bertz CT molecular complexity index is 941. The Labute approximate surface area is 163 Å². The Kier molecular flexibility index (Phi) is 5.70. The monoisotopic (exact) mass is 407 g/mol. The summed E-state index contributed by atoms with van der Waals surface area (Å²) in [5.41, 5.74) is 0.511. The van der Waals surface area contributed by atoms with Crippen molar-refractivity contribution in [2.24, 2.45) is 5.92 Å². The average Bonchev–Trinajstić information content (AvgIpc) is 3.22. The van der Waals surface area contributed by atoms with E-state index in [0.29, 0.717) is 18.5 Å². The molecule has 2 fully saturated rings. The lowest BCUT2D eigenvalue weighted by atomic mass is 10.1. The molecule has 0 unspecified atom stereocenters. The number of amides is 2. The molecule has 1 aromatic carbocycles. The van der Waals surface area contributed by atoms with Gasteiger partial charge in [0.05, 0.1) is 29.1 Å². The van der Waals surface area contributed by atoms with E-state index in [1.54, 1.807) is 6.92 Å². The Balaban J connectivity index is 1.68. The third-order valence-corrected chi connectivity index (χ3v) is 7.14. The summed E-state index contributed by atoms with van der Waals surface area (Å²) < 4.78 is 37.5. The van der Waals surface area contributed by atoms with Crippen molar-refractivity contribution < 1.29 is 22.4 Å². The van der Waals surface area contributed by atoms with Crippen LogP contribution >= 0.6 is 0 Å². The highest BCUT2D eigenvalue weighted by Crippen LogP contribution is 2.27.